The van der Waals surface area contributed by atoms with Crippen LogP contribution in [0.4, 0.5) is 0 Å². The molecule has 25 heavy (non-hydrogen) atoms. The molecular weight excluding hydrogens is 334 g/mol. The van der Waals surface area contributed by atoms with Gasteiger partial charge in [0.15, 0.2) is 9.84 Å². The van der Waals surface area contributed by atoms with Gasteiger partial charge in [-0.1, -0.05) is 19.1 Å². The van der Waals surface area contributed by atoms with Gasteiger partial charge in [0.25, 0.3) is 0 Å². The van der Waals surface area contributed by atoms with E-state index in [9.17, 15) is 13.7 Å². The lowest BCUT2D eigenvalue weighted by molar-refractivity contribution is 0.596. The third-order valence-electron chi connectivity index (χ3n) is 4.36. The Kier molecular flexibility index (Phi) is 4.36. The maximum Gasteiger partial charge on any atom is 0.154 e. The first-order valence-electron chi connectivity index (χ1n) is 8.00. The molecule has 0 aliphatic carbocycles. The fourth-order valence-corrected chi connectivity index (χ4v) is 3.92. The first-order chi connectivity index (χ1) is 11.9. The minimum absolute atomic E-state index is 0.0464. The van der Waals surface area contributed by atoms with Crippen LogP contribution in [0.25, 0.3) is 22.2 Å². The number of pyridine rings is 1. The van der Waals surface area contributed by atoms with E-state index in [1.54, 1.807) is 19.3 Å². The highest BCUT2D eigenvalue weighted by atomic mass is 32.2. The third-order valence-corrected chi connectivity index (χ3v) is 6.02. The normalized spacial score (nSPS) is 11.6. The van der Waals surface area contributed by atoms with Crippen LogP contribution in [0.15, 0.2) is 36.7 Å². The summed E-state index contributed by atoms with van der Waals surface area (Å²) in [5.74, 6) is 0.0449. The first kappa shape index (κ1) is 17.2. The second kappa shape index (κ2) is 6.34. The Balaban J connectivity index is 2.21. The van der Waals surface area contributed by atoms with Gasteiger partial charge in [0.2, 0.25) is 0 Å². The molecule has 0 radical (unpaired) electrons. The van der Waals surface area contributed by atoms with Crippen LogP contribution in [0, 0.1) is 18.3 Å². The molecule has 3 aromatic rings. The maximum absolute atomic E-state index is 11.9. The fraction of sp³-hybridized carbons (Fsp3) is 0.263. The van der Waals surface area contributed by atoms with E-state index in [0.717, 1.165) is 27.7 Å². The molecule has 0 atom stereocenters. The largest absolute Gasteiger partial charge is 0.342 e. The van der Waals surface area contributed by atoms with E-state index in [0.29, 0.717) is 11.1 Å². The molecule has 0 N–H and O–H groups in total. The van der Waals surface area contributed by atoms with Gasteiger partial charge in [-0.3, -0.25) is 4.98 Å². The van der Waals surface area contributed by atoms with Crippen molar-refractivity contribution in [3.63, 3.8) is 0 Å². The van der Waals surface area contributed by atoms with Crippen molar-refractivity contribution in [1.82, 2.24) is 9.55 Å². The van der Waals surface area contributed by atoms with Crippen molar-refractivity contribution in [3.8, 4) is 17.3 Å². The van der Waals surface area contributed by atoms with Crippen LogP contribution < -0.4 is 0 Å². The van der Waals surface area contributed by atoms with Crippen LogP contribution in [-0.2, 0) is 22.6 Å². The van der Waals surface area contributed by atoms with Crippen molar-refractivity contribution >= 4 is 20.7 Å². The van der Waals surface area contributed by atoms with Crippen molar-refractivity contribution in [2.45, 2.75) is 19.6 Å². The van der Waals surface area contributed by atoms with Crippen LogP contribution in [-0.4, -0.2) is 23.7 Å². The lowest BCUT2D eigenvalue weighted by Gasteiger charge is -2.08. The predicted octanol–water partition coefficient (Wildman–Crippen LogP) is 3.36. The van der Waals surface area contributed by atoms with Gasteiger partial charge in [-0.2, -0.15) is 5.26 Å². The number of benzene rings is 1. The van der Waals surface area contributed by atoms with Crippen LogP contribution >= 0.6 is 0 Å². The lowest BCUT2D eigenvalue weighted by Crippen LogP contribution is -2.07. The quantitative estimate of drug-likeness (QED) is 0.721. The molecule has 0 bridgehead atoms. The standard InChI is InChI=1S/C19H19N3O2S/c1-4-25(23,24)12-14-8-15(11-21-10-14)19-17(9-20)16-6-5-13(2)7-18(16)22(19)3/h5-8,10-11H,4,12H2,1-3H3. The summed E-state index contributed by atoms with van der Waals surface area (Å²) in [6.45, 7) is 3.64. The molecule has 128 valence electrons. The molecule has 3 rings (SSSR count). The molecule has 0 amide bonds. The average molecular weight is 353 g/mol. The molecule has 2 aromatic heterocycles. The van der Waals surface area contributed by atoms with E-state index in [2.05, 4.69) is 11.1 Å². The van der Waals surface area contributed by atoms with Crippen molar-refractivity contribution in [3.05, 3.63) is 53.3 Å². The number of hydrogen-bond acceptors (Lipinski definition) is 4. The summed E-state index contributed by atoms with van der Waals surface area (Å²) in [5, 5.41) is 10.6. The second-order valence-electron chi connectivity index (χ2n) is 6.17. The smallest absolute Gasteiger partial charge is 0.154 e. The molecule has 5 nitrogen and oxygen atoms in total. The van der Waals surface area contributed by atoms with Gasteiger partial charge in [-0.05, 0) is 30.2 Å². The number of nitriles is 1. The summed E-state index contributed by atoms with van der Waals surface area (Å²) in [4.78, 5) is 4.20. The van der Waals surface area contributed by atoms with Crippen LogP contribution in [0.1, 0.15) is 23.6 Å². The number of hydrogen-bond donors (Lipinski definition) is 0. The topological polar surface area (TPSA) is 75.8 Å². The van der Waals surface area contributed by atoms with Crippen molar-refractivity contribution in [1.29, 1.82) is 5.26 Å². The van der Waals surface area contributed by atoms with Gasteiger partial charge in [0.05, 0.1) is 17.0 Å². The molecular formula is C19H19N3O2S. The zero-order valence-electron chi connectivity index (χ0n) is 14.4. The molecule has 0 saturated heterocycles. The minimum Gasteiger partial charge on any atom is -0.342 e. The highest BCUT2D eigenvalue weighted by molar-refractivity contribution is 7.90. The Bertz CT molecular complexity index is 1110. The molecule has 2 heterocycles. The molecule has 0 spiro atoms. The fourth-order valence-electron chi connectivity index (χ4n) is 3.05. The summed E-state index contributed by atoms with van der Waals surface area (Å²) >= 11 is 0. The highest BCUT2D eigenvalue weighted by Gasteiger charge is 2.18. The molecule has 0 unspecified atom stereocenters. The number of nitrogens with zero attached hydrogens (tertiary/aromatic N) is 3. The Morgan fingerprint density at radius 1 is 1.24 bits per heavy atom. The molecule has 0 aliphatic rings. The predicted molar refractivity (Wildman–Crippen MR) is 98.8 cm³/mol. The molecule has 0 saturated carbocycles. The average Bonchev–Trinajstić information content (AvgIpc) is 2.86. The summed E-state index contributed by atoms with van der Waals surface area (Å²) in [7, 11) is -1.23. The van der Waals surface area contributed by atoms with Crippen molar-refractivity contribution in [2.24, 2.45) is 7.05 Å². The molecule has 0 fully saturated rings. The van der Waals surface area contributed by atoms with E-state index in [1.165, 1.54) is 0 Å². The van der Waals surface area contributed by atoms with Gasteiger partial charge >= 0.3 is 0 Å². The number of sulfone groups is 1. The van der Waals surface area contributed by atoms with Crippen molar-refractivity contribution in [2.75, 3.05) is 5.75 Å². The number of aromatic nitrogens is 2. The lowest BCUT2D eigenvalue weighted by atomic mass is 10.1. The SMILES string of the molecule is CCS(=O)(=O)Cc1cncc(-c2c(C#N)c3ccc(C)cc3n2C)c1. The van der Waals surface area contributed by atoms with E-state index >= 15 is 0 Å². The molecule has 6 heteroatoms. The Labute approximate surface area is 147 Å². The number of fused-ring (bicyclic) bond motifs is 1. The van der Waals surface area contributed by atoms with Gasteiger partial charge < -0.3 is 4.57 Å². The van der Waals surface area contributed by atoms with Crippen LogP contribution in [0.5, 0.6) is 0 Å². The number of rotatable bonds is 4. The zero-order chi connectivity index (χ0) is 18.2. The van der Waals surface area contributed by atoms with Gasteiger partial charge in [-0.15, -0.1) is 0 Å². The van der Waals surface area contributed by atoms with Crippen LogP contribution in [0.2, 0.25) is 0 Å². The van der Waals surface area contributed by atoms with E-state index in [1.807, 2.05) is 42.8 Å². The highest BCUT2D eigenvalue weighted by Crippen LogP contribution is 2.33. The molecule has 0 aliphatic heterocycles. The van der Waals surface area contributed by atoms with E-state index < -0.39 is 9.84 Å². The Morgan fingerprint density at radius 3 is 2.68 bits per heavy atom. The molecule has 1 aromatic carbocycles. The van der Waals surface area contributed by atoms with Crippen LogP contribution in [0.3, 0.4) is 0 Å². The monoisotopic (exact) mass is 353 g/mol. The summed E-state index contributed by atoms with van der Waals surface area (Å²) in [6.07, 6.45) is 3.24. The van der Waals surface area contributed by atoms with Gasteiger partial charge in [-0.25, -0.2) is 8.42 Å². The first-order valence-corrected chi connectivity index (χ1v) is 9.82. The van der Waals surface area contributed by atoms with E-state index in [-0.39, 0.29) is 11.5 Å². The van der Waals surface area contributed by atoms with E-state index in [4.69, 9.17) is 0 Å². The second-order valence-corrected chi connectivity index (χ2v) is 8.53. The summed E-state index contributed by atoms with van der Waals surface area (Å²) < 4.78 is 25.8. The third kappa shape index (κ3) is 3.15. The summed E-state index contributed by atoms with van der Waals surface area (Å²) in [5.41, 5.74) is 4.80. The minimum atomic E-state index is -3.14. The summed E-state index contributed by atoms with van der Waals surface area (Å²) in [6, 6.07) is 10.1. The Morgan fingerprint density at radius 2 is 2.00 bits per heavy atom. The van der Waals surface area contributed by atoms with Gasteiger partial charge in [0, 0.05) is 41.7 Å². The maximum atomic E-state index is 11.9. The number of aryl methyl sites for hydroxylation is 2. The zero-order valence-corrected chi connectivity index (χ0v) is 15.3. The van der Waals surface area contributed by atoms with Crippen molar-refractivity contribution < 1.29 is 8.42 Å². The Hall–Kier alpha value is -2.65. The van der Waals surface area contributed by atoms with Gasteiger partial charge in [0.1, 0.15) is 6.07 Å².